The summed E-state index contributed by atoms with van der Waals surface area (Å²) in [7, 11) is -1.75. The van der Waals surface area contributed by atoms with Gasteiger partial charge in [-0.05, 0) is 56.9 Å². The molecule has 1 amide bonds. The molecule has 0 aliphatic carbocycles. The zero-order chi connectivity index (χ0) is 23.3. The number of ether oxygens (including phenoxy) is 2. The lowest BCUT2D eigenvalue weighted by Crippen LogP contribution is -2.23. The fraction of sp³-hybridized carbons (Fsp3) is 0.435. The summed E-state index contributed by atoms with van der Waals surface area (Å²) in [6.07, 6.45) is 8.44. The van der Waals surface area contributed by atoms with Gasteiger partial charge in [0.2, 0.25) is 5.91 Å². The number of sulfone groups is 1. The summed E-state index contributed by atoms with van der Waals surface area (Å²) in [4.78, 5) is 11.6. The largest absolute Gasteiger partial charge is 0.493 e. The van der Waals surface area contributed by atoms with E-state index in [0.29, 0.717) is 31.1 Å². The fourth-order valence-electron chi connectivity index (χ4n) is 2.55. The lowest BCUT2D eigenvalue weighted by Gasteiger charge is -2.12. The van der Waals surface area contributed by atoms with Gasteiger partial charge in [-0.1, -0.05) is 23.3 Å². The van der Waals surface area contributed by atoms with E-state index in [9.17, 15) is 13.2 Å². The first kappa shape index (κ1) is 26.5. The molecule has 0 atom stereocenters. The van der Waals surface area contributed by atoms with E-state index in [4.69, 9.17) is 14.6 Å². The molecule has 0 unspecified atom stereocenters. The summed E-state index contributed by atoms with van der Waals surface area (Å²) in [6.45, 7) is 4.83. The van der Waals surface area contributed by atoms with Crippen LogP contribution in [-0.2, 0) is 21.1 Å². The minimum atomic E-state index is -3.32. The van der Waals surface area contributed by atoms with Crippen molar-refractivity contribution in [2.75, 3.05) is 33.1 Å². The summed E-state index contributed by atoms with van der Waals surface area (Å²) in [5, 5.41) is 12.5. The molecule has 7 nitrogen and oxygen atoms in total. The van der Waals surface area contributed by atoms with Crippen molar-refractivity contribution < 1.29 is 27.8 Å². The number of rotatable bonds is 13. The Labute approximate surface area is 185 Å². The van der Waals surface area contributed by atoms with Crippen LogP contribution in [0.5, 0.6) is 11.5 Å². The van der Waals surface area contributed by atoms with E-state index in [1.54, 1.807) is 7.11 Å². The van der Waals surface area contributed by atoms with Crippen LogP contribution in [0.1, 0.15) is 32.3 Å². The second kappa shape index (κ2) is 13.7. The number of aliphatic hydroxyl groups excluding tert-OH is 1. The molecule has 172 valence electrons. The third kappa shape index (κ3) is 12.0. The van der Waals surface area contributed by atoms with Crippen molar-refractivity contribution in [2.24, 2.45) is 0 Å². The zero-order valence-corrected chi connectivity index (χ0v) is 19.5. The van der Waals surface area contributed by atoms with Gasteiger partial charge < -0.3 is 19.9 Å². The quantitative estimate of drug-likeness (QED) is 0.353. The van der Waals surface area contributed by atoms with Gasteiger partial charge in [0.05, 0.1) is 13.7 Å². The molecular formula is C23H33NO6S. The molecule has 1 aromatic carbocycles. The van der Waals surface area contributed by atoms with E-state index in [1.807, 2.05) is 44.2 Å². The predicted octanol–water partition coefficient (Wildman–Crippen LogP) is 2.96. The van der Waals surface area contributed by atoms with Gasteiger partial charge >= 0.3 is 0 Å². The van der Waals surface area contributed by atoms with Crippen LogP contribution in [0.4, 0.5) is 0 Å². The maximum absolute atomic E-state index is 11.6. The number of methoxy groups -OCH3 is 1. The number of benzene rings is 1. The highest BCUT2D eigenvalue weighted by Crippen LogP contribution is 2.28. The van der Waals surface area contributed by atoms with Crippen molar-refractivity contribution in [1.82, 2.24) is 5.32 Å². The predicted molar refractivity (Wildman–Crippen MR) is 123 cm³/mol. The molecule has 8 heteroatoms. The van der Waals surface area contributed by atoms with Crippen LogP contribution in [0.3, 0.4) is 0 Å². The van der Waals surface area contributed by atoms with Crippen LogP contribution in [0.25, 0.3) is 0 Å². The molecule has 1 rings (SSSR count). The Bertz CT molecular complexity index is 916. The maximum Gasteiger partial charge on any atom is 0.244 e. The Morgan fingerprint density at radius 1 is 1.16 bits per heavy atom. The topological polar surface area (TPSA) is 102 Å². The third-order valence-corrected chi connectivity index (χ3v) is 4.99. The standard InChI is InChI=1S/C23H33NO6S/c1-18(6-5-7-19(2)17-25)11-14-30-21-9-8-20(16-22(21)29-3)10-13-24-23(26)12-15-31(4,27)28/h7-9,11-12,15-16,25H,5-6,10,13-14,17H2,1-4H3,(H,24,26). The van der Waals surface area contributed by atoms with E-state index in [0.717, 1.165) is 41.7 Å². The monoisotopic (exact) mass is 451 g/mol. The van der Waals surface area contributed by atoms with Crippen LogP contribution in [0, 0.1) is 0 Å². The van der Waals surface area contributed by atoms with Crippen LogP contribution in [0.2, 0.25) is 0 Å². The highest BCUT2D eigenvalue weighted by Gasteiger charge is 2.06. The molecule has 0 saturated carbocycles. The molecule has 0 radical (unpaired) electrons. The fourth-order valence-corrected chi connectivity index (χ4v) is 2.92. The Hall–Kier alpha value is -2.58. The number of carbonyl (C=O) groups is 1. The molecule has 0 aliphatic rings. The molecule has 0 aliphatic heterocycles. The molecule has 0 aromatic heterocycles. The first-order valence-electron chi connectivity index (χ1n) is 10.0. The van der Waals surface area contributed by atoms with Crippen LogP contribution in [0.15, 0.2) is 53.0 Å². The van der Waals surface area contributed by atoms with Crippen molar-refractivity contribution in [3.8, 4) is 11.5 Å². The minimum absolute atomic E-state index is 0.0915. The van der Waals surface area contributed by atoms with Crippen LogP contribution in [-0.4, -0.2) is 52.6 Å². The number of nitrogens with one attached hydrogen (secondary N) is 1. The molecule has 0 saturated heterocycles. The number of allylic oxidation sites excluding steroid dienone is 2. The number of hydrogen-bond donors (Lipinski definition) is 2. The molecule has 0 bridgehead atoms. The van der Waals surface area contributed by atoms with E-state index >= 15 is 0 Å². The van der Waals surface area contributed by atoms with Gasteiger partial charge in [0.15, 0.2) is 21.3 Å². The molecule has 0 fully saturated rings. The van der Waals surface area contributed by atoms with Crippen LogP contribution >= 0.6 is 0 Å². The molecule has 31 heavy (non-hydrogen) atoms. The Balaban J connectivity index is 2.54. The van der Waals surface area contributed by atoms with Crippen molar-refractivity contribution >= 4 is 15.7 Å². The summed E-state index contributed by atoms with van der Waals surface area (Å²) in [5.74, 6) is 0.779. The average Bonchev–Trinajstić information content (AvgIpc) is 2.72. The molecular weight excluding hydrogens is 418 g/mol. The second-order valence-electron chi connectivity index (χ2n) is 7.27. The van der Waals surface area contributed by atoms with Gasteiger partial charge in [-0.3, -0.25) is 4.79 Å². The Kier molecular flexibility index (Phi) is 11.7. The Morgan fingerprint density at radius 2 is 1.90 bits per heavy atom. The Morgan fingerprint density at radius 3 is 2.55 bits per heavy atom. The summed E-state index contributed by atoms with van der Waals surface area (Å²) in [5.41, 5.74) is 3.13. The summed E-state index contributed by atoms with van der Waals surface area (Å²) in [6, 6.07) is 5.58. The van der Waals surface area contributed by atoms with E-state index in [-0.39, 0.29) is 6.61 Å². The molecule has 2 N–H and O–H groups in total. The van der Waals surface area contributed by atoms with Crippen LogP contribution < -0.4 is 14.8 Å². The number of hydrogen-bond acceptors (Lipinski definition) is 6. The number of amides is 1. The van der Waals surface area contributed by atoms with E-state index < -0.39 is 15.7 Å². The van der Waals surface area contributed by atoms with Gasteiger partial charge in [-0.25, -0.2) is 8.42 Å². The number of aliphatic hydroxyl groups is 1. The molecule has 1 aromatic rings. The molecule has 0 heterocycles. The highest BCUT2D eigenvalue weighted by atomic mass is 32.2. The van der Waals surface area contributed by atoms with Crippen molar-refractivity contribution in [3.05, 3.63) is 58.5 Å². The summed E-state index contributed by atoms with van der Waals surface area (Å²) < 4.78 is 33.3. The first-order chi connectivity index (χ1) is 14.6. The third-order valence-electron chi connectivity index (χ3n) is 4.36. The van der Waals surface area contributed by atoms with Crippen molar-refractivity contribution in [3.63, 3.8) is 0 Å². The highest BCUT2D eigenvalue weighted by molar-refractivity contribution is 7.93. The smallest absolute Gasteiger partial charge is 0.244 e. The number of carbonyl (C=O) groups excluding carboxylic acids is 1. The lowest BCUT2D eigenvalue weighted by molar-refractivity contribution is -0.116. The van der Waals surface area contributed by atoms with Crippen molar-refractivity contribution in [2.45, 2.75) is 33.1 Å². The van der Waals surface area contributed by atoms with Gasteiger partial charge in [-0.2, -0.15) is 0 Å². The molecule has 0 spiro atoms. The maximum atomic E-state index is 11.6. The first-order valence-corrected chi connectivity index (χ1v) is 12.0. The average molecular weight is 452 g/mol. The van der Waals surface area contributed by atoms with E-state index in [1.165, 1.54) is 5.57 Å². The lowest BCUT2D eigenvalue weighted by atomic mass is 10.1. The van der Waals surface area contributed by atoms with E-state index in [2.05, 4.69) is 5.32 Å². The normalized spacial score (nSPS) is 12.8. The van der Waals surface area contributed by atoms with Crippen molar-refractivity contribution in [1.29, 1.82) is 0 Å². The second-order valence-corrected chi connectivity index (χ2v) is 9.20. The van der Waals surface area contributed by atoms with Gasteiger partial charge in [0.25, 0.3) is 0 Å². The summed E-state index contributed by atoms with van der Waals surface area (Å²) >= 11 is 0. The minimum Gasteiger partial charge on any atom is -0.493 e. The SMILES string of the molecule is COc1cc(CCNC(=O)C=CS(C)(=O)=O)ccc1OCC=C(C)CCC=C(C)CO. The zero-order valence-electron chi connectivity index (χ0n) is 18.7. The van der Waals surface area contributed by atoms with Gasteiger partial charge in [0.1, 0.15) is 6.61 Å². The van der Waals surface area contributed by atoms with Gasteiger partial charge in [0, 0.05) is 24.3 Å². The van der Waals surface area contributed by atoms with Gasteiger partial charge in [-0.15, -0.1) is 0 Å².